The third kappa shape index (κ3) is 12.4. The summed E-state index contributed by atoms with van der Waals surface area (Å²) in [6.07, 6.45) is 3.93. The maximum absolute atomic E-state index is 11.4. The van der Waals surface area contributed by atoms with Gasteiger partial charge < -0.3 is 14.8 Å². The third-order valence-electron chi connectivity index (χ3n) is 2.73. The molecule has 0 aliphatic rings. The fourth-order valence-corrected chi connectivity index (χ4v) is 1.57. The number of nitrogens with one attached hydrogen (secondary N) is 1. The lowest BCUT2D eigenvalue weighted by Gasteiger charge is -2.10. The number of hydrogen-bond acceptors (Lipinski definition) is 5. The van der Waals surface area contributed by atoms with E-state index in [1.165, 1.54) is 0 Å². The first-order valence-electron chi connectivity index (χ1n) is 7.06. The maximum atomic E-state index is 11.4. The molecule has 0 aliphatic heterocycles. The molecular formula is C14H27NO4S. The molecule has 6 heteroatoms. The summed E-state index contributed by atoms with van der Waals surface area (Å²) in [5.74, 6) is 0.167. The number of carbonyl (C=O) groups excluding carboxylic acids is 2. The number of ketones is 1. The topological polar surface area (TPSA) is 64.6 Å². The van der Waals surface area contributed by atoms with Crippen molar-refractivity contribution >= 4 is 23.5 Å². The van der Waals surface area contributed by atoms with Gasteiger partial charge in [-0.05, 0) is 12.7 Å². The zero-order valence-corrected chi connectivity index (χ0v) is 13.6. The number of thioether (sulfide) groups is 1. The number of ether oxygens (including phenoxy) is 2. The summed E-state index contributed by atoms with van der Waals surface area (Å²) in [4.78, 5) is 22.4. The van der Waals surface area contributed by atoms with E-state index in [9.17, 15) is 9.59 Å². The van der Waals surface area contributed by atoms with E-state index in [0.717, 1.165) is 6.42 Å². The van der Waals surface area contributed by atoms with Crippen LogP contribution in [0.5, 0.6) is 0 Å². The van der Waals surface area contributed by atoms with Crippen LogP contribution in [-0.4, -0.2) is 56.2 Å². The van der Waals surface area contributed by atoms with Crippen molar-refractivity contribution < 1.29 is 19.1 Å². The van der Waals surface area contributed by atoms with Gasteiger partial charge in [0, 0.05) is 31.2 Å². The minimum Gasteiger partial charge on any atom is -0.379 e. The lowest BCUT2D eigenvalue weighted by molar-refractivity contribution is -0.126. The molecule has 20 heavy (non-hydrogen) atoms. The van der Waals surface area contributed by atoms with Crippen LogP contribution < -0.4 is 5.32 Å². The third-order valence-corrected chi connectivity index (χ3v) is 3.70. The van der Waals surface area contributed by atoms with Crippen molar-refractivity contribution in [1.82, 2.24) is 5.32 Å². The van der Waals surface area contributed by atoms with Gasteiger partial charge in [-0.1, -0.05) is 13.8 Å². The van der Waals surface area contributed by atoms with Crippen LogP contribution in [0.25, 0.3) is 0 Å². The van der Waals surface area contributed by atoms with Gasteiger partial charge in [-0.2, -0.15) is 11.8 Å². The van der Waals surface area contributed by atoms with Gasteiger partial charge in [0.2, 0.25) is 5.91 Å². The highest BCUT2D eigenvalue weighted by Crippen LogP contribution is 2.02. The number of rotatable bonds is 13. The molecule has 0 saturated carbocycles. The second-order valence-electron chi connectivity index (χ2n) is 4.51. The molecule has 0 aromatic carbocycles. The maximum Gasteiger partial charge on any atom is 0.246 e. The van der Waals surface area contributed by atoms with Gasteiger partial charge in [-0.3, -0.25) is 9.59 Å². The zero-order chi connectivity index (χ0) is 15.2. The molecule has 118 valence electrons. The Morgan fingerprint density at radius 2 is 1.90 bits per heavy atom. The molecule has 0 rings (SSSR count). The Balaban J connectivity index is 3.27. The number of amides is 1. The molecule has 1 atom stereocenters. The Labute approximate surface area is 126 Å². The molecule has 0 bridgehead atoms. The van der Waals surface area contributed by atoms with Gasteiger partial charge in [0.15, 0.2) is 0 Å². The lowest BCUT2D eigenvalue weighted by Crippen LogP contribution is -2.32. The van der Waals surface area contributed by atoms with Crippen LogP contribution in [-0.2, 0) is 19.1 Å². The van der Waals surface area contributed by atoms with Crippen molar-refractivity contribution in [2.75, 3.05) is 39.2 Å². The van der Waals surface area contributed by atoms with Crippen molar-refractivity contribution in [2.45, 2.75) is 38.4 Å². The van der Waals surface area contributed by atoms with Gasteiger partial charge in [0.25, 0.3) is 0 Å². The summed E-state index contributed by atoms with van der Waals surface area (Å²) in [5, 5.41) is 3.21. The van der Waals surface area contributed by atoms with Crippen LogP contribution in [0.3, 0.4) is 0 Å². The minimum absolute atomic E-state index is 0.0682. The normalized spacial score (nSPS) is 12.2. The van der Waals surface area contributed by atoms with Crippen LogP contribution in [0.2, 0.25) is 0 Å². The first-order chi connectivity index (χ1) is 9.60. The number of carbonyl (C=O) groups is 2. The van der Waals surface area contributed by atoms with Crippen molar-refractivity contribution in [3.8, 4) is 0 Å². The van der Waals surface area contributed by atoms with Crippen molar-refractivity contribution in [3.63, 3.8) is 0 Å². The molecule has 5 nitrogen and oxygen atoms in total. The molecule has 0 aromatic rings. The smallest absolute Gasteiger partial charge is 0.246 e. The fourth-order valence-electron chi connectivity index (χ4n) is 1.32. The first kappa shape index (κ1) is 19.4. The summed E-state index contributed by atoms with van der Waals surface area (Å²) in [5.41, 5.74) is 0. The molecule has 0 radical (unpaired) electrons. The summed E-state index contributed by atoms with van der Waals surface area (Å²) < 4.78 is 10.5. The highest BCUT2D eigenvalue weighted by molar-refractivity contribution is 7.99. The monoisotopic (exact) mass is 305 g/mol. The summed E-state index contributed by atoms with van der Waals surface area (Å²) in [6.45, 7) is 6.06. The number of hydrogen-bond donors (Lipinski definition) is 1. The van der Waals surface area contributed by atoms with Crippen LogP contribution in [0, 0.1) is 0 Å². The van der Waals surface area contributed by atoms with E-state index >= 15 is 0 Å². The molecule has 1 unspecified atom stereocenters. The Bertz CT molecular complexity index is 274. The Hall–Kier alpha value is -0.590. The van der Waals surface area contributed by atoms with E-state index in [1.54, 1.807) is 11.8 Å². The van der Waals surface area contributed by atoms with E-state index in [2.05, 4.69) is 12.2 Å². The summed E-state index contributed by atoms with van der Waals surface area (Å²) in [6, 6.07) is 0. The van der Waals surface area contributed by atoms with Crippen LogP contribution in [0.1, 0.15) is 33.1 Å². The average molecular weight is 305 g/mol. The zero-order valence-electron chi connectivity index (χ0n) is 12.8. The van der Waals surface area contributed by atoms with E-state index in [0.29, 0.717) is 44.5 Å². The molecule has 0 heterocycles. The van der Waals surface area contributed by atoms with Crippen LogP contribution in [0.15, 0.2) is 0 Å². The predicted molar refractivity (Wildman–Crippen MR) is 82.2 cm³/mol. The Morgan fingerprint density at radius 3 is 2.55 bits per heavy atom. The molecule has 1 N–H and O–H groups in total. The molecule has 0 aromatic heterocycles. The van der Waals surface area contributed by atoms with Gasteiger partial charge in [-0.25, -0.2) is 0 Å². The van der Waals surface area contributed by atoms with Crippen LogP contribution in [0.4, 0.5) is 0 Å². The second-order valence-corrected chi connectivity index (χ2v) is 5.79. The lowest BCUT2D eigenvalue weighted by atomic mass is 10.2. The molecule has 0 aliphatic carbocycles. The highest BCUT2D eigenvalue weighted by Gasteiger charge is 2.04. The fraction of sp³-hybridized carbons (Fsp3) is 0.857. The summed E-state index contributed by atoms with van der Waals surface area (Å²) in [7, 11) is 0. The quantitative estimate of drug-likeness (QED) is 0.524. The highest BCUT2D eigenvalue weighted by atomic mass is 32.2. The molecule has 0 fully saturated rings. The Morgan fingerprint density at radius 1 is 1.20 bits per heavy atom. The molecule has 0 spiro atoms. The van der Waals surface area contributed by atoms with Gasteiger partial charge in [0.05, 0.1) is 13.2 Å². The standard InChI is InChI=1S/C14H27NO4S/c1-4-13(16)6-5-7-18-8-9-19-11-14(17)15-10-12(2)20-3/h12H,4-11H2,1-3H3,(H,15,17). The van der Waals surface area contributed by atoms with Gasteiger partial charge in [-0.15, -0.1) is 0 Å². The molecule has 1 amide bonds. The van der Waals surface area contributed by atoms with Gasteiger partial charge in [0.1, 0.15) is 12.4 Å². The van der Waals surface area contributed by atoms with E-state index < -0.39 is 0 Å². The Kier molecular flexibility index (Phi) is 13.0. The SMILES string of the molecule is CCC(=O)CCCOCCOCC(=O)NCC(C)SC. The van der Waals surface area contributed by atoms with E-state index in [-0.39, 0.29) is 18.3 Å². The van der Waals surface area contributed by atoms with Crippen molar-refractivity contribution in [2.24, 2.45) is 0 Å². The van der Waals surface area contributed by atoms with Crippen LogP contribution >= 0.6 is 11.8 Å². The minimum atomic E-state index is -0.0977. The van der Waals surface area contributed by atoms with Crippen molar-refractivity contribution in [3.05, 3.63) is 0 Å². The van der Waals surface area contributed by atoms with E-state index in [4.69, 9.17) is 9.47 Å². The summed E-state index contributed by atoms with van der Waals surface area (Å²) >= 11 is 1.71. The first-order valence-corrected chi connectivity index (χ1v) is 8.35. The predicted octanol–water partition coefficient (Wildman–Crippen LogP) is 1.65. The molecule has 0 saturated heterocycles. The second kappa shape index (κ2) is 13.4. The largest absolute Gasteiger partial charge is 0.379 e. The molecular weight excluding hydrogens is 278 g/mol. The van der Waals surface area contributed by atoms with Crippen molar-refractivity contribution in [1.29, 1.82) is 0 Å². The van der Waals surface area contributed by atoms with Gasteiger partial charge >= 0.3 is 0 Å². The number of Topliss-reactive ketones (excluding diaryl/α,β-unsaturated/α-hetero) is 1. The van der Waals surface area contributed by atoms with E-state index in [1.807, 2.05) is 13.2 Å². The average Bonchev–Trinajstić information content (AvgIpc) is 2.46.